The molecule has 1 fully saturated rings. The quantitative estimate of drug-likeness (QED) is 0.603. The van der Waals surface area contributed by atoms with E-state index in [0.717, 1.165) is 13.1 Å². The van der Waals surface area contributed by atoms with Crippen LogP contribution in [0, 0.1) is 11.3 Å². The Morgan fingerprint density at radius 2 is 2.18 bits per heavy atom. The van der Waals surface area contributed by atoms with Crippen molar-refractivity contribution in [3.63, 3.8) is 0 Å². The molecule has 0 unspecified atom stereocenters. The van der Waals surface area contributed by atoms with Gasteiger partial charge in [0.1, 0.15) is 5.67 Å². The number of rotatable bonds is 4. The summed E-state index contributed by atoms with van der Waals surface area (Å²) in [5, 5.41) is 12.0. The molecule has 0 amide bonds. The summed E-state index contributed by atoms with van der Waals surface area (Å²) in [5.41, 5.74) is 0.182. The van der Waals surface area contributed by atoms with Gasteiger partial charge in [0.15, 0.2) is 0 Å². The average molecular weight is 237 g/mol. The first-order valence-corrected chi connectivity index (χ1v) is 6.09. The summed E-state index contributed by atoms with van der Waals surface area (Å²) in [6.45, 7) is 3.35. The molecule has 1 saturated heterocycles. The molecule has 94 valence electrons. The molecule has 1 aliphatic heterocycles. The van der Waals surface area contributed by atoms with Crippen molar-refractivity contribution in [3.8, 4) is 6.07 Å². The third kappa shape index (κ3) is 4.27. The largest absolute Gasteiger partial charge is 0.316 e. The maximum Gasteiger partial charge on any atom is 0.119 e. The van der Waals surface area contributed by atoms with Gasteiger partial charge in [0, 0.05) is 24.8 Å². The molecule has 4 heteroatoms. The van der Waals surface area contributed by atoms with Crippen molar-refractivity contribution in [1.29, 1.82) is 5.26 Å². The van der Waals surface area contributed by atoms with Gasteiger partial charge in [0.2, 0.25) is 0 Å². The minimum Gasteiger partial charge on any atom is -0.316 e. The van der Waals surface area contributed by atoms with Crippen molar-refractivity contribution in [1.82, 2.24) is 5.32 Å². The summed E-state index contributed by atoms with van der Waals surface area (Å²) < 4.78 is 14.4. The van der Waals surface area contributed by atoms with Crippen LogP contribution in [0.5, 0.6) is 0 Å². The van der Waals surface area contributed by atoms with Gasteiger partial charge >= 0.3 is 0 Å². The molecule has 0 saturated carbocycles. The number of hydrogen-bond donors (Lipinski definition) is 1. The molecule has 1 N–H and O–H groups in total. The van der Waals surface area contributed by atoms with Crippen molar-refractivity contribution in [2.75, 3.05) is 20.1 Å². The second-order valence-electron chi connectivity index (χ2n) is 4.43. The van der Waals surface area contributed by atoms with Gasteiger partial charge in [0.05, 0.1) is 6.07 Å². The van der Waals surface area contributed by atoms with Gasteiger partial charge in [-0.2, -0.15) is 5.26 Å². The Morgan fingerprint density at radius 1 is 1.53 bits per heavy atom. The number of halogens is 1. The standard InChI is InChI=1S/C13H20FN3/c1-3-11(10-15)8-12(16-2)9-13(14)4-6-17-7-5-13/h8,17H,3-7,9H2,1-2H3/b11-8+,16-12?. The SMILES string of the molecule is CC/C(C#N)=C\C(CC1(F)CCNCC1)=NC. The van der Waals surface area contributed by atoms with Crippen molar-refractivity contribution < 1.29 is 4.39 Å². The zero-order valence-electron chi connectivity index (χ0n) is 10.6. The van der Waals surface area contributed by atoms with Crippen molar-refractivity contribution >= 4 is 5.71 Å². The minimum absolute atomic E-state index is 0.316. The number of nitrogens with one attached hydrogen (secondary N) is 1. The van der Waals surface area contributed by atoms with E-state index in [1.807, 2.05) is 6.92 Å². The maximum atomic E-state index is 14.4. The number of allylic oxidation sites excluding steroid dienone is 2. The molecule has 0 aromatic carbocycles. The van der Waals surface area contributed by atoms with Crippen LogP contribution < -0.4 is 5.32 Å². The number of hydrogen-bond acceptors (Lipinski definition) is 3. The van der Waals surface area contributed by atoms with E-state index in [2.05, 4.69) is 16.4 Å². The molecule has 0 aromatic rings. The van der Waals surface area contributed by atoms with Gasteiger partial charge in [-0.05, 0) is 38.4 Å². The Morgan fingerprint density at radius 3 is 2.65 bits per heavy atom. The molecule has 0 aliphatic carbocycles. The molecular weight excluding hydrogens is 217 g/mol. The zero-order chi connectivity index (χ0) is 12.7. The number of piperidine rings is 1. The van der Waals surface area contributed by atoms with Crippen LogP contribution in [0.15, 0.2) is 16.6 Å². The predicted octanol–water partition coefficient (Wildman–Crippen LogP) is 2.40. The summed E-state index contributed by atoms with van der Waals surface area (Å²) >= 11 is 0. The number of alkyl halides is 1. The molecule has 0 spiro atoms. The molecule has 17 heavy (non-hydrogen) atoms. The van der Waals surface area contributed by atoms with E-state index in [4.69, 9.17) is 5.26 Å². The monoisotopic (exact) mass is 237 g/mol. The first-order valence-electron chi connectivity index (χ1n) is 6.09. The summed E-state index contributed by atoms with van der Waals surface area (Å²) in [6.07, 6.45) is 3.75. The lowest BCUT2D eigenvalue weighted by Gasteiger charge is -2.30. The smallest absolute Gasteiger partial charge is 0.119 e. The van der Waals surface area contributed by atoms with Crippen LogP contribution in [0.1, 0.15) is 32.6 Å². The van der Waals surface area contributed by atoms with E-state index < -0.39 is 5.67 Å². The summed E-state index contributed by atoms with van der Waals surface area (Å²) in [7, 11) is 1.65. The van der Waals surface area contributed by atoms with Crippen LogP contribution >= 0.6 is 0 Å². The third-order valence-electron chi connectivity index (χ3n) is 3.15. The fraction of sp³-hybridized carbons (Fsp3) is 0.692. The van der Waals surface area contributed by atoms with Crippen LogP contribution in [0.25, 0.3) is 0 Å². The lowest BCUT2D eigenvalue weighted by molar-refractivity contribution is 0.125. The van der Waals surface area contributed by atoms with Gasteiger partial charge in [-0.3, -0.25) is 4.99 Å². The van der Waals surface area contributed by atoms with Gasteiger partial charge in [-0.25, -0.2) is 4.39 Å². The fourth-order valence-corrected chi connectivity index (χ4v) is 1.99. The fourth-order valence-electron chi connectivity index (χ4n) is 1.99. The van der Waals surface area contributed by atoms with Crippen molar-refractivity contribution in [3.05, 3.63) is 11.6 Å². The Kier molecular flexibility index (Phi) is 5.30. The normalized spacial score (nSPS) is 21.1. The van der Waals surface area contributed by atoms with Gasteiger partial charge in [-0.15, -0.1) is 0 Å². The number of aliphatic imine (C=N–C) groups is 1. The van der Waals surface area contributed by atoms with Gasteiger partial charge in [0.25, 0.3) is 0 Å². The highest BCUT2D eigenvalue weighted by atomic mass is 19.1. The van der Waals surface area contributed by atoms with E-state index in [1.54, 1.807) is 13.1 Å². The van der Waals surface area contributed by atoms with Crippen LogP contribution in [-0.4, -0.2) is 31.5 Å². The molecule has 0 bridgehead atoms. The summed E-state index contributed by atoms with van der Waals surface area (Å²) in [5.74, 6) is 0. The zero-order valence-corrected chi connectivity index (χ0v) is 10.6. The Hall–Kier alpha value is -1.21. The first kappa shape index (κ1) is 13.9. The molecule has 1 rings (SSSR count). The maximum absolute atomic E-state index is 14.4. The number of nitrogens with zero attached hydrogens (tertiary/aromatic N) is 2. The molecule has 0 atom stereocenters. The Balaban J connectivity index is 2.71. The van der Waals surface area contributed by atoms with Crippen molar-refractivity contribution in [2.24, 2.45) is 4.99 Å². The highest BCUT2D eigenvalue weighted by molar-refractivity contribution is 5.96. The second kappa shape index (κ2) is 6.51. The molecule has 0 aromatic heterocycles. The van der Waals surface area contributed by atoms with Crippen LogP contribution in [-0.2, 0) is 0 Å². The highest BCUT2D eigenvalue weighted by Gasteiger charge is 2.32. The topological polar surface area (TPSA) is 48.2 Å². The molecule has 0 radical (unpaired) electrons. The molecule has 3 nitrogen and oxygen atoms in total. The summed E-state index contributed by atoms with van der Waals surface area (Å²) in [6, 6.07) is 2.11. The molecular formula is C13H20FN3. The van der Waals surface area contributed by atoms with Gasteiger partial charge < -0.3 is 5.32 Å². The Bertz CT molecular complexity index is 346. The average Bonchev–Trinajstić information content (AvgIpc) is 2.35. The Labute approximate surface area is 102 Å². The summed E-state index contributed by atoms with van der Waals surface area (Å²) in [4.78, 5) is 4.09. The minimum atomic E-state index is -1.16. The predicted molar refractivity (Wildman–Crippen MR) is 67.9 cm³/mol. The van der Waals surface area contributed by atoms with E-state index in [-0.39, 0.29) is 0 Å². The molecule has 1 heterocycles. The van der Waals surface area contributed by atoms with Crippen molar-refractivity contribution in [2.45, 2.75) is 38.3 Å². The second-order valence-corrected chi connectivity index (χ2v) is 4.43. The van der Waals surface area contributed by atoms with Crippen LogP contribution in [0.3, 0.4) is 0 Å². The lowest BCUT2D eigenvalue weighted by atomic mass is 9.88. The van der Waals surface area contributed by atoms with Crippen LogP contribution in [0.2, 0.25) is 0 Å². The first-order chi connectivity index (χ1) is 8.13. The van der Waals surface area contributed by atoms with E-state index >= 15 is 0 Å². The number of nitriles is 1. The van der Waals surface area contributed by atoms with Gasteiger partial charge in [-0.1, -0.05) is 6.92 Å². The van der Waals surface area contributed by atoms with Crippen LogP contribution in [0.4, 0.5) is 4.39 Å². The van der Waals surface area contributed by atoms with E-state index in [1.165, 1.54) is 0 Å². The third-order valence-corrected chi connectivity index (χ3v) is 3.15. The highest BCUT2D eigenvalue weighted by Crippen LogP contribution is 2.28. The lowest BCUT2D eigenvalue weighted by Crippen LogP contribution is -2.39. The van der Waals surface area contributed by atoms with E-state index in [9.17, 15) is 4.39 Å². The van der Waals surface area contributed by atoms with E-state index in [0.29, 0.717) is 37.0 Å². The molecule has 1 aliphatic rings.